The van der Waals surface area contributed by atoms with Gasteiger partial charge < -0.3 is 14.7 Å². The number of aromatic nitrogens is 1. The first-order valence-corrected chi connectivity index (χ1v) is 10.9. The number of amides is 1. The van der Waals surface area contributed by atoms with Crippen molar-refractivity contribution in [2.45, 2.75) is 12.5 Å². The van der Waals surface area contributed by atoms with Gasteiger partial charge in [0.25, 0.3) is 12.3 Å². The van der Waals surface area contributed by atoms with Crippen LogP contribution in [0.4, 0.5) is 17.6 Å². The second-order valence-corrected chi connectivity index (χ2v) is 8.22. The second-order valence-electron chi connectivity index (χ2n) is 8.22. The van der Waals surface area contributed by atoms with E-state index in [-0.39, 0.29) is 42.2 Å². The highest BCUT2D eigenvalue weighted by molar-refractivity contribution is 5.96. The Hall–Kier alpha value is -4.28. The maximum Gasteiger partial charge on any atom is 0.278 e. The average molecular weight is 501 g/mol. The summed E-state index contributed by atoms with van der Waals surface area (Å²) in [6, 6.07) is 7.44. The molecule has 0 saturated heterocycles. The molecule has 3 heterocycles. The van der Waals surface area contributed by atoms with E-state index in [0.29, 0.717) is 0 Å². The average Bonchev–Trinajstić information content (AvgIpc) is 2.89. The molecule has 2 aromatic carbocycles. The van der Waals surface area contributed by atoms with E-state index < -0.39 is 46.9 Å². The highest BCUT2D eigenvalue weighted by Crippen LogP contribution is 2.41. The number of halogens is 4. The fourth-order valence-electron chi connectivity index (χ4n) is 4.49. The molecule has 3 aromatic rings. The molecule has 1 aromatic heterocycles. The lowest BCUT2D eigenvalue weighted by molar-refractivity contribution is 0.0700. The molecule has 1 amide bonds. The van der Waals surface area contributed by atoms with Crippen LogP contribution < -0.4 is 15.2 Å². The number of alkyl halides is 2. The van der Waals surface area contributed by atoms with Crippen molar-refractivity contribution in [3.8, 4) is 11.5 Å². The smallest absolute Gasteiger partial charge is 0.278 e. The van der Waals surface area contributed by atoms with Crippen molar-refractivity contribution in [1.82, 2.24) is 9.58 Å². The van der Waals surface area contributed by atoms with E-state index in [1.54, 1.807) is 6.08 Å². The van der Waals surface area contributed by atoms with Gasteiger partial charge in [-0.15, -0.1) is 0 Å². The van der Waals surface area contributed by atoms with Crippen LogP contribution in [0.15, 0.2) is 65.6 Å². The summed E-state index contributed by atoms with van der Waals surface area (Å²) in [5.74, 6) is -4.46. The van der Waals surface area contributed by atoms with Crippen LogP contribution >= 0.6 is 0 Å². The van der Waals surface area contributed by atoms with Gasteiger partial charge in [-0.1, -0.05) is 30.3 Å². The van der Waals surface area contributed by atoms with Gasteiger partial charge in [0.05, 0.1) is 0 Å². The third kappa shape index (κ3) is 3.76. The topological polar surface area (TPSA) is 75.0 Å². The minimum Gasteiger partial charge on any atom is -0.502 e. The van der Waals surface area contributed by atoms with E-state index in [1.165, 1.54) is 57.2 Å². The van der Waals surface area contributed by atoms with Crippen molar-refractivity contribution in [3.05, 3.63) is 105 Å². The highest BCUT2D eigenvalue weighted by Gasteiger charge is 2.39. The van der Waals surface area contributed by atoms with Gasteiger partial charge in [0.1, 0.15) is 19.3 Å². The van der Waals surface area contributed by atoms with E-state index in [4.69, 9.17) is 4.74 Å². The monoisotopic (exact) mass is 501 g/mol. The van der Waals surface area contributed by atoms with Crippen LogP contribution in [-0.2, 0) is 0 Å². The summed E-state index contributed by atoms with van der Waals surface area (Å²) in [6.45, 7) is -0.370. The maximum atomic E-state index is 15.0. The van der Waals surface area contributed by atoms with Gasteiger partial charge in [-0.2, -0.15) is 4.39 Å². The molecule has 2 bridgehead atoms. The number of fused-ring (bicyclic) bond motifs is 5. The minimum absolute atomic E-state index is 0.00994. The van der Waals surface area contributed by atoms with Crippen molar-refractivity contribution in [2.24, 2.45) is 0 Å². The van der Waals surface area contributed by atoms with Gasteiger partial charge in [0.2, 0.25) is 11.2 Å². The van der Waals surface area contributed by atoms with Crippen molar-refractivity contribution >= 4 is 5.91 Å². The summed E-state index contributed by atoms with van der Waals surface area (Å²) in [7, 11) is 0. The van der Waals surface area contributed by atoms with Gasteiger partial charge in [0.15, 0.2) is 23.0 Å². The van der Waals surface area contributed by atoms with Gasteiger partial charge in [-0.3, -0.25) is 19.3 Å². The Kier molecular flexibility index (Phi) is 5.91. The molecule has 1 atom stereocenters. The molecule has 2 aliphatic rings. The number of carbonyl (C=O) groups is 1. The van der Waals surface area contributed by atoms with Crippen LogP contribution in [0, 0.1) is 11.6 Å². The number of aromatic hydroxyl groups is 1. The van der Waals surface area contributed by atoms with Crippen molar-refractivity contribution < 1.29 is 32.2 Å². The normalized spacial score (nSPS) is 18.2. The number of hydrogen-bond acceptors (Lipinski definition) is 5. The van der Waals surface area contributed by atoms with E-state index in [0.717, 1.165) is 12.1 Å². The number of benzene rings is 2. The Morgan fingerprint density at radius 2 is 1.78 bits per heavy atom. The number of rotatable bonds is 2. The fourth-order valence-corrected chi connectivity index (χ4v) is 4.49. The van der Waals surface area contributed by atoms with Crippen molar-refractivity contribution in [1.29, 1.82) is 0 Å². The quantitative estimate of drug-likeness (QED) is 0.427. The van der Waals surface area contributed by atoms with Crippen LogP contribution in [0.1, 0.15) is 39.6 Å². The van der Waals surface area contributed by atoms with Gasteiger partial charge >= 0.3 is 0 Å². The first-order chi connectivity index (χ1) is 17.3. The largest absolute Gasteiger partial charge is 0.502 e. The molecule has 0 aliphatic carbocycles. The Morgan fingerprint density at radius 3 is 2.56 bits per heavy atom. The molecule has 11 heteroatoms. The van der Waals surface area contributed by atoms with Crippen LogP contribution in [0.25, 0.3) is 0 Å². The van der Waals surface area contributed by atoms with Crippen molar-refractivity contribution in [3.63, 3.8) is 0 Å². The molecule has 186 valence electrons. The molecule has 7 nitrogen and oxygen atoms in total. The molecule has 2 aliphatic heterocycles. The lowest BCUT2D eigenvalue weighted by Crippen LogP contribution is -2.55. The lowest BCUT2D eigenvalue weighted by atomic mass is 9.92. The van der Waals surface area contributed by atoms with Gasteiger partial charge in [-0.05, 0) is 23.8 Å². The summed E-state index contributed by atoms with van der Waals surface area (Å²) < 4.78 is 64.3. The molecule has 36 heavy (non-hydrogen) atoms. The lowest BCUT2D eigenvalue weighted by Gasteiger charge is -2.44. The second kappa shape index (κ2) is 9.06. The standard InChI is InChI=1S/C25H19F4N3O4/c26-17-8-7-16-20(14-5-1-2-6-15(14)24(28)29)32-13-30(10-3-4-12-36-23(16)19(17)27)25(35)21-22(34)18(33)9-11-31(21)32/h1-9,11,20,24,34H,10,12-13H2/b4-3-/t20-/m1/s1. The maximum absolute atomic E-state index is 15.0. The molecule has 0 radical (unpaired) electrons. The van der Waals surface area contributed by atoms with Crippen molar-refractivity contribution in [2.75, 3.05) is 24.8 Å². The van der Waals surface area contributed by atoms with Crippen LogP contribution in [0.2, 0.25) is 0 Å². The summed E-state index contributed by atoms with van der Waals surface area (Å²) >= 11 is 0. The summed E-state index contributed by atoms with van der Waals surface area (Å²) in [5.41, 5.74) is -1.52. The Bertz CT molecular complexity index is 1440. The Balaban J connectivity index is 1.87. The van der Waals surface area contributed by atoms with E-state index in [2.05, 4.69) is 0 Å². The number of pyridine rings is 1. The van der Waals surface area contributed by atoms with E-state index in [1.807, 2.05) is 0 Å². The first kappa shape index (κ1) is 23.5. The minimum atomic E-state index is -2.92. The fraction of sp³-hybridized carbons (Fsp3) is 0.200. The van der Waals surface area contributed by atoms with E-state index >= 15 is 4.39 Å². The third-order valence-electron chi connectivity index (χ3n) is 6.15. The summed E-state index contributed by atoms with van der Waals surface area (Å²) in [6.07, 6.45) is 1.35. The zero-order valence-corrected chi connectivity index (χ0v) is 18.6. The van der Waals surface area contributed by atoms with Gasteiger partial charge in [0, 0.05) is 29.9 Å². The summed E-state index contributed by atoms with van der Waals surface area (Å²) in [4.78, 5) is 26.7. The third-order valence-corrected chi connectivity index (χ3v) is 6.15. The highest BCUT2D eigenvalue weighted by atomic mass is 19.3. The predicted molar refractivity (Wildman–Crippen MR) is 121 cm³/mol. The zero-order valence-electron chi connectivity index (χ0n) is 18.6. The van der Waals surface area contributed by atoms with Gasteiger partial charge in [-0.25, -0.2) is 13.2 Å². The molecule has 0 saturated carbocycles. The zero-order chi connectivity index (χ0) is 25.6. The first-order valence-electron chi connectivity index (χ1n) is 10.9. The van der Waals surface area contributed by atoms with Crippen LogP contribution in [0.5, 0.6) is 11.5 Å². The predicted octanol–water partition coefficient (Wildman–Crippen LogP) is 3.86. The van der Waals surface area contributed by atoms with Crippen LogP contribution in [0.3, 0.4) is 0 Å². The van der Waals surface area contributed by atoms with E-state index in [9.17, 15) is 27.9 Å². The Labute approximate surface area is 202 Å². The molecular weight excluding hydrogens is 482 g/mol. The Morgan fingerprint density at radius 1 is 1.00 bits per heavy atom. The molecule has 0 unspecified atom stereocenters. The molecule has 1 N–H and O–H groups in total. The number of hydrogen-bond donors (Lipinski definition) is 1. The molecule has 0 fully saturated rings. The summed E-state index contributed by atoms with van der Waals surface area (Å²) in [5, 5.41) is 11.9. The number of ether oxygens (including phenoxy) is 1. The number of nitrogens with zero attached hydrogens (tertiary/aromatic N) is 3. The number of carbonyl (C=O) groups excluding carboxylic acids is 1. The van der Waals surface area contributed by atoms with Crippen LogP contribution in [-0.4, -0.2) is 40.4 Å². The molecule has 0 spiro atoms. The molecule has 5 rings (SSSR count). The SMILES string of the molecule is O=C1c2c(O)c(=O)ccn2N2CN1C/C=C\COc1c(ccc(F)c1F)[C@H]2c1ccccc1C(F)F. The molecular formula is C25H19F4N3O4.